The fourth-order valence-electron chi connectivity index (χ4n) is 13.9. The molecule has 0 spiro atoms. The number of aryl methyl sites for hydroxylation is 1. The number of halogens is 2. The molecule has 8 heterocycles. The van der Waals surface area contributed by atoms with Crippen molar-refractivity contribution < 1.29 is 47.2 Å². The van der Waals surface area contributed by atoms with Crippen molar-refractivity contribution in [3.8, 4) is 28.6 Å². The van der Waals surface area contributed by atoms with Crippen LogP contribution in [0.25, 0.3) is 66.4 Å². The standard InChI is InChI=1S/C24H24FN3O2S.C24H25N3O2S.C23H22FN3O3S.C23H23N3O2S/c1-24(2,3)17-9-11-20(12-10-17)31(29,30)16-19-14-18(15-25)27-28(19)23-8-4-7-22-21(23)6-5-13-26-22;1-17-15-20(16-30(28,29)21-11-9-19(10-12-21)24(2,3)4)27(26-17)23-22-8-6-5-7-18(22)13-14-25-23;1-16(2)30-19-8-10-20(11-9-19)31(28,29)15-18-13-17(14-24)26-27(18)23-7-3-6-22-21(23)5-4-12-25-22;1-23(2,3)17-9-11-19(12-10-17)29(27,28)16-18-13-15-25-26(18)22-8-4-7-21-20(22)6-5-14-24-21/h4-14H,15-16H2,1-3H3;5-15H,16H2,1-4H3;3-13,16H,14-15H2,1-2H3;4-15H,16H2,1-3H3. The van der Waals surface area contributed by atoms with Gasteiger partial charge in [0.05, 0.1) is 122 Å². The summed E-state index contributed by atoms with van der Waals surface area (Å²) in [6.07, 6.45) is 8.45. The van der Waals surface area contributed by atoms with Gasteiger partial charge in [0.1, 0.15) is 19.1 Å². The SMILES string of the molecule is CC(C)(C)c1ccc(S(=O)(=O)Cc2cc(CF)nn2-c2cccc3ncccc23)cc1.CC(C)(C)c1ccc(S(=O)(=O)Cc2ccnn2-c2cccc3ncccc23)cc1.CC(C)Oc1ccc(S(=O)(=O)Cc2cc(CF)nn2-c2cccc3ncccc23)cc1.Cc1cc(CS(=O)(=O)c2ccc(C(C)(C)C)cc2)n(-c2nccc3ccccc23)n1. The lowest BCUT2D eigenvalue weighted by Gasteiger charge is -2.19. The lowest BCUT2D eigenvalue weighted by molar-refractivity contribution is 0.242. The van der Waals surface area contributed by atoms with Gasteiger partial charge in [-0.25, -0.2) is 66.2 Å². The van der Waals surface area contributed by atoms with Crippen LogP contribution >= 0.6 is 0 Å². The van der Waals surface area contributed by atoms with E-state index in [1.165, 1.54) is 33.6 Å². The third-order valence-electron chi connectivity index (χ3n) is 20.1. The average molecular weight is 1700 g/mol. The van der Waals surface area contributed by atoms with Gasteiger partial charge in [0, 0.05) is 52.5 Å². The fourth-order valence-corrected chi connectivity index (χ4v) is 19.1. The maximum Gasteiger partial charge on any atom is 0.184 e. The van der Waals surface area contributed by atoms with E-state index in [1.807, 2.05) is 172 Å². The number of rotatable bonds is 20. The van der Waals surface area contributed by atoms with Crippen LogP contribution in [-0.4, -0.2) is 98.8 Å². The molecular weight excluding hydrogens is 1610 g/mol. The van der Waals surface area contributed by atoms with Gasteiger partial charge in [-0.15, -0.1) is 0 Å². The molecule has 16 rings (SSSR count). The van der Waals surface area contributed by atoms with E-state index in [4.69, 9.17) is 4.74 Å². The highest BCUT2D eigenvalue weighted by atomic mass is 32.2. The summed E-state index contributed by atoms with van der Waals surface area (Å²) in [4.78, 5) is 18.6. The Balaban J connectivity index is 0.000000139. The summed E-state index contributed by atoms with van der Waals surface area (Å²) in [7, 11) is -14.4. The molecule has 0 amide bonds. The van der Waals surface area contributed by atoms with E-state index >= 15 is 0 Å². The third kappa shape index (κ3) is 20.3. The minimum atomic E-state index is -3.69. The van der Waals surface area contributed by atoms with Gasteiger partial charge in [0.25, 0.3) is 0 Å². The molecule has 21 nitrogen and oxygen atoms in total. The summed E-state index contributed by atoms with van der Waals surface area (Å²) in [6.45, 7) is 23.0. The smallest absolute Gasteiger partial charge is 0.184 e. The molecule has 0 N–H and O–H groups in total. The number of ether oxygens (including phenoxy) is 1. The number of alkyl halides is 2. The second-order valence-corrected chi connectivity index (χ2v) is 40.6. The molecule has 0 unspecified atom stereocenters. The first kappa shape index (κ1) is 86.5. The number of nitrogens with zero attached hydrogens (tertiary/aromatic N) is 12. The predicted octanol–water partition coefficient (Wildman–Crippen LogP) is 19.5. The first-order valence-electron chi connectivity index (χ1n) is 39.2. The number of fused-ring (bicyclic) bond motifs is 4. The monoisotopic (exact) mass is 1700 g/mol. The van der Waals surface area contributed by atoms with Crippen LogP contribution in [0.15, 0.2) is 293 Å². The average Bonchev–Trinajstić information content (AvgIpc) is 1.70. The van der Waals surface area contributed by atoms with Crippen LogP contribution in [0.1, 0.15) is 133 Å². The Labute approximate surface area is 704 Å². The van der Waals surface area contributed by atoms with Crippen LogP contribution < -0.4 is 4.74 Å². The Kier molecular flexibility index (Phi) is 25.4. The minimum absolute atomic E-state index is 0.00823. The molecule has 0 aliphatic heterocycles. The summed E-state index contributed by atoms with van der Waals surface area (Å²) >= 11 is 0. The lowest BCUT2D eigenvalue weighted by Crippen LogP contribution is -2.13. The zero-order valence-corrected chi connectivity index (χ0v) is 72.5. The van der Waals surface area contributed by atoms with Crippen LogP contribution in [-0.2, 0) is 92.0 Å². The zero-order chi connectivity index (χ0) is 86.4. The van der Waals surface area contributed by atoms with Crippen molar-refractivity contribution in [1.82, 2.24) is 59.1 Å². The van der Waals surface area contributed by atoms with Gasteiger partial charge in [0.15, 0.2) is 45.2 Å². The molecule has 0 aliphatic rings. The molecule has 121 heavy (non-hydrogen) atoms. The highest BCUT2D eigenvalue weighted by molar-refractivity contribution is 7.91. The molecule has 8 aromatic carbocycles. The number of hydrogen-bond acceptors (Lipinski definition) is 17. The molecule has 0 fully saturated rings. The van der Waals surface area contributed by atoms with Gasteiger partial charge in [-0.3, -0.25) is 15.0 Å². The molecule has 0 radical (unpaired) electrons. The molecule has 16 aromatic rings. The molecule has 622 valence electrons. The summed E-state index contributed by atoms with van der Waals surface area (Å²) in [5, 5.41) is 22.0. The Hall–Kier alpha value is -12.3. The predicted molar refractivity (Wildman–Crippen MR) is 471 cm³/mol. The molecule has 0 saturated carbocycles. The van der Waals surface area contributed by atoms with Crippen molar-refractivity contribution in [2.45, 2.75) is 161 Å². The first-order valence-corrected chi connectivity index (χ1v) is 45.8. The Bertz CT molecular complexity index is 6880. The normalized spacial score (nSPS) is 12.3. The quantitative estimate of drug-likeness (QED) is 0.0686. The molecule has 8 aromatic heterocycles. The van der Waals surface area contributed by atoms with Gasteiger partial charge in [0.2, 0.25) is 0 Å². The van der Waals surface area contributed by atoms with Crippen LogP contribution in [0.5, 0.6) is 5.75 Å². The van der Waals surface area contributed by atoms with Crippen LogP contribution in [0.4, 0.5) is 8.78 Å². The van der Waals surface area contributed by atoms with E-state index in [0.29, 0.717) is 55.5 Å². The second kappa shape index (κ2) is 35.6. The number of hydrogen-bond donors (Lipinski definition) is 0. The van der Waals surface area contributed by atoms with E-state index < -0.39 is 52.7 Å². The molecule has 27 heteroatoms. The highest BCUT2D eigenvalue weighted by Gasteiger charge is 2.28. The van der Waals surface area contributed by atoms with E-state index in [9.17, 15) is 42.5 Å². The van der Waals surface area contributed by atoms with Gasteiger partial charge in [-0.2, -0.15) is 20.4 Å². The molecule has 0 aliphatic carbocycles. The highest BCUT2D eigenvalue weighted by Crippen LogP contribution is 2.34. The van der Waals surface area contributed by atoms with Crippen molar-refractivity contribution >= 4 is 82.8 Å². The summed E-state index contributed by atoms with van der Waals surface area (Å²) in [5.74, 6) is 0.356. The Morgan fingerprint density at radius 3 is 1.10 bits per heavy atom. The summed E-state index contributed by atoms with van der Waals surface area (Å²) < 4.78 is 144. The number of benzene rings is 8. The maximum absolute atomic E-state index is 13.4. The van der Waals surface area contributed by atoms with Gasteiger partial charge in [-0.1, -0.05) is 141 Å². The number of aromatic nitrogens is 12. The lowest BCUT2D eigenvalue weighted by atomic mass is 9.87. The largest absolute Gasteiger partial charge is 0.491 e. The van der Waals surface area contributed by atoms with Crippen molar-refractivity contribution in [1.29, 1.82) is 0 Å². The van der Waals surface area contributed by atoms with Gasteiger partial charge >= 0.3 is 0 Å². The maximum atomic E-state index is 13.4. The summed E-state index contributed by atoms with van der Waals surface area (Å²) in [6, 6.07) is 71.9. The van der Waals surface area contributed by atoms with E-state index in [2.05, 4.69) is 103 Å². The molecule has 0 atom stereocenters. The molecular formula is C94H94F2N12O9S4. The van der Waals surface area contributed by atoms with Crippen molar-refractivity contribution in [3.63, 3.8) is 0 Å². The van der Waals surface area contributed by atoms with Crippen LogP contribution in [0.3, 0.4) is 0 Å². The molecule has 0 saturated heterocycles. The van der Waals surface area contributed by atoms with Crippen molar-refractivity contribution in [2.24, 2.45) is 0 Å². The van der Waals surface area contributed by atoms with Gasteiger partial charge in [-0.05, 0) is 223 Å². The molecule has 0 bridgehead atoms. The third-order valence-corrected chi connectivity index (χ3v) is 26.8. The summed E-state index contributed by atoms with van der Waals surface area (Å²) in [5.41, 5.74) is 10.7. The van der Waals surface area contributed by atoms with E-state index in [0.717, 1.165) is 71.6 Å². The van der Waals surface area contributed by atoms with Gasteiger partial charge < -0.3 is 4.74 Å². The second-order valence-electron chi connectivity index (χ2n) is 32.7. The number of pyridine rings is 4. The van der Waals surface area contributed by atoms with E-state index in [1.54, 1.807) is 107 Å². The Morgan fingerprint density at radius 1 is 0.347 bits per heavy atom. The first-order chi connectivity index (χ1) is 57.5. The van der Waals surface area contributed by atoms with Crippen LogP contribution in [0, 0.1) is 6.92 Å². The van der Waals surface area contributed by atoms with Crippen molar-refractivity contribution in [2.75, 3.05) is 0 Å². The zero-order valence-electron chi connectivity index (χ0n) is 69.2. The fraction of sp³-hybridized carbons (Fsp3) is 0.234. The van der Waals surface area contributed by atoms with Crippen molar-refractivity contribution in [3.05, 3.63) is 330 Å². The van der Waals surface area contributed by atoms with E-state index in [-0.39, 0.29) is 66.5 Å². The number of sulfone groups is 4. The minimum Gasteiger partial charge on any atom is -0.491 e. The topological polar surface area (TPSA) is 269 Å². The van der Waals surface area contributed by atoms with Crippen LogP contribution in [0.2, 0.25) is 0 Å². The Morgan fingerprint density at radius 2 is 0.711 bits per heavy atom.